The van der Waals surface area contributed by atoms with Crippen molar-refractivity contribution in [2.45, 2.75) is 19.0 Å². The Balaban J connectivity index is 0.00000120. The normalized spacial score (nSPS) is 13.6. The summed E-state index contributed by atoms with van der Waals surface area (Å²) in [5.41, 5.74) is 3.51. The number of benzene rings is 1. The molecular weight excluding hydrogens is 312 g/mol. The fourth-order valence-electron chi connectivity index (χ4n) is 1.71. The number of halogens is 1. The molecule has 6 heteroatoms. The summed E-state index contributed by atoms with van der Waals surface area (Å²) < 4.78 is 1.81. The van der Waals surface area contributed by atoms with Crippen LogP contribution in [0, 0.1) is 13.8 Å². The molecule has 0 unspecified atom stereocenters. The van der Waals surface area contributed by atoms with Crippen molar-refractivity contribution in [3.8, 4) is 0 Å². The number of fused-ring (bicyclic) bond motifs is 1. The van der Waals surface area contributed by atoms with Crippen LogP contribution >= 0.6 is 11.8 Å². The lowest BCUT2D eigenvalue weighted by molar-refractivity contribution is -0.00000367. The van der Waals surface area contributed by atoms with Gasteiger partial charge in [-0.25, -0.2) is 0 Å². The minimum absolute atomic E-state index is 0. The zero-order valence-corrected chi connectivity index (χ0v) is 12.5. The number of rotatable bonds is 1. The smallest absolute Gasteiger partial charge is 0.212 e. The van der Waals surface area contributed by atoms with Crippen molar-refractivity contribution in [2.75, 3.05) is 5.75 Å². The van der Waals surface area contributed by atoms with E-state index in [1.54, 1.807) is 11.8 Å². The van der Waals surface area contributed by atoms with Gasteiger partial charge in [-0.15, -0.1) is 10.2 Å². The number of hydrogen-bond donors (Lipinski definition) is 0. The van der Waals surface area contributed by atoms with E-state index in [1.807, 2.05) is 11.6 Å². The van der Waals surface area contributed by atoms with Gasteiger partial charge in [0.1, 0.15) is 0 Å². The Morgan fingerprint density at radius 3 is 2.56 bits per heavy atom. The van der Waals surface area contributed by atoms with Gasteiger partial charge in [-0.2, -0.15) is 9.78 Å². The van der Waals surface area contributed by atoms with E-state index in [9.17, 15) is 0 Å². The van der Waals surface area contributed by atoms with Crippen LogP contribution in [0.5, 0.6) is 0 Å². The highest BCUT2D eigenvalue weighted by Crippen LogP contribution is 2.23. The maximum atomic E-state index is 4.59. The van der Waals surface area contributed by atoms with Gasteiger partial charge in [0, 0.05) is 5.75 Å². The topological polar surface area (TPSA) is 43.1 Å². The summed E-state index contributed by atoms with van der Waals surface area (Å²) >= 11 is 1.68. The molecule has 1 aromatic heterocycles. The van der Waals surface area contributed by atoms with Gasteiger partial charge >= 0.3 is 0 Å². The lowest BCUT2D eigenvalue weighted by Gasteiger charge is -2.13. The standard InChI is InChI=1S/C12H12N4S.BrH/c1-8-3-5-10(6-4-8)11-7-17-12-14-13-9(2)16(12)15-11;/h3-6H,7H2,1-2H3;1H/p-1. The SMILES string of the molecule is Cc1ccc(C2=Nn3c(C)nnc3SC2)cc1.[Br-]. The lowest BCUT2D eigenvalue weighted by Crippen LogP contribution is -3.00. The van der Waals surface area contributed by atoms with Crippen molar-refractivity contribution < 1.29 is 17.0 Å². The largest absolute Gasteiger partial charge is 1.00 e. The summed E-state index contributed by atoms with van der Waals surface area (Å²) in [6, 6.07) is 8.44. The molecule has 3 rings (SSSR count). The molecule has 0 radical (unpaired) electrons. The summed E-state index contributed by atoms with van der Waals surface area (Å²) in [6.45, 7) is 4.00. The molecule has 0 spiro atoms. The van der Waals surface area contributed by atoms with Crippen molar-refractivity contribution >= 4 is 17.5 Å². The Labute approximate surface area is 120 Å². The first-order chi connectivity index (χ1) is 8.24. The lowest BCUT2D eigenvalue weighted by atomic mass is 10.1. The molecular formula is C12H12BrN4S-. The Morgan fingerprint density at radius 1 is 1.11 bits per heavy atom. The molecule has 1 aromatic carbocycles. The third-order valence-corrected chi connectivity index (χ3v) is 3.64. The molecule has 0 bridgehead atoms. The van der Waals surface area contributed by atoms with Gasteiger partial charge in [0.25, 0.3) is 0 Å². The number of nitrogens with zero attached hydrogens (tertiary/aromatic N) is 4. The molecule has 2 aromatic rings. The van der Waals surface area contributed by atoms with Crippen LogP contribution in [-0.2, 0) is 0 Å². The minimum atomic E-state index is 0. The van der Waals surface area contributed by atoms with Gasteiger partial charge < -0.3 is 17.0 Å². The highest BCUT2D eigenvalue weighted by atomic mass is 79.9. The summed E-state index contributed by atoms with van der Waals surface area (Å²) in [6.07, 6.45) is 0. The van der Waals surface area contributed by atoms with Crippen LogP contribution in [0.4, 0.5) is 0 Å². The van der Waals surface area contributed by atoms with Crippen LogP contribution in [0.1, 0.15) is 17.0 Å². The molecule has 2 heterocycles. The van der Waals surface area contributed by atoms with Crippen molar-refractivity contribution in [2.24, 2.45) is 5.10 Å². The highest BCUT2D eigenvalue weighted by Gasteiger charge is 2.17. The number of aromatic nitrogens is 3. The predicted molar refractivity (Wildman–Crippen MR) is 68.6 cm³/mol. The molecule has 94 valence electrons. The van der Waals surface area contributed by atoms with Gasteiger partial charge in [-0.1, -0.05) is 41.6 Å². The van der Waals surface area contributed by atoms with Gasteiger partial charge in [0.05, 0.1) is 5.71 Å². The first-order valence-electron chi connectivity index (χ1n) is 5.44. The number of hydrogen-bond acceptors (Lipinski definition) is 4. The summed E-state index contributed by atoms with van der Waals surface area (Å²) in [5.74, 6) is 1.68. The van der Waals surface area contributed by atoms with Crippen LogP contribution in [-0.4, -0.2) is 26.3 Å². The van der Waals surface area contributed by atoms with Crippen LogP contribution in [0.3, 0.4) is 0 Å². The van der Waals surface area contributed by atoms with Crippen LogP contribution < -0.4 is 17.0 Å². The number of aryl methyl sites for hydroxylation is 2. The van der Waals surface area contributed by atoms with Crippen molar-refractivity contribution in [3.63, 3.8) is 0 Å². The van der Waals surface area contributed by atoms with E-state index >= 15 is 0 Å². The Hall–Kier alpha value is -1.14. The Kier molecular flexibility index (Phi) is 3.87. The molecule has 18 heavy (non-hydrogen) atoms. The van der Waals surface area contributed by atoms with Crippen molar-refractivity contribution in [3.05, 3.63) is 41.2 Å². The van der Waals surface area contributed by atoms with E-state index in [-0.39, 0.29) is 17.0 Å². The summed E-state index contributed by atoms with van der Waals surface area (Å²) in [5, 5.41) is 13.6. The third-order valence-electron chi connectivity index (χ3n) is 2.71. The first kappa shape index (κ1) is 13.3. The van der Waals surface area contributed by atoms with Crippen LogP contribution in [0.15, 0.2) is 34.5 Å². The molecule has 0 amide bonds. The van der Waals surface area contributed by atoms with Crippen LogP contribution in [0.25, 0.3) is 0 Å². The minimum Gasteiger partial charge on any atom is -1.00 e. The van der Waals surface area contributed by atoms with E-state index in [1.165, 1.54) is 11.1 Å². The van der Waals surface area contributed by atoms with Gasteiger partial charge in [-0.3, -0.25) is 0 Å². The maximum Gasteiger partial charge on any atom is 0.212 e. The van der Waals surface area contributed by atoms with Crippen LogP contribution in [0.2, 0.25) is 0 Å². The zero-order valence-electron chi connectivity index (χ0n) is 10.1. The molecule has 0 aliphatic carbocycles. The van der Waals surface area contributed by atoms with Gasteiger partial charge in [0.2, 0.25) is 5.16 Å². The Bertz CT molecular complexity index is 589. The van der Waals surface area contributed by atoms with Crippen molar-refractivity contribution in [1.29, 1.82) is 0 Å². The molecule has 1 aliphatic heterocycles. The highest BCUT2D eigenvalue weighted by molar-refractivity contribution is 7.99. The first-order valence-corrected chi connectivity index (χ1v) is 6.42. The van der Waals surface area contributed by atoms with E-state index in [4.69, 9.17) is 0 Å². The van der Waals surface area contributed by atoms with Gasteiger partial charge in [-0.05, 0) is 19.4 Å². The molecule has 0 N–H and O–H groups in total. The van der Waals surface area contributed by atoms with E-state index in [0.717, 1.165) is 22.4 Å². The van der Waals surface area contributed by atoms with E-state index in [0.29, 0.717) is 0 Å². The quantitative estimate of drug-likeness (QED) is 0.694. The summed E-state index contributed by atoms with van der Waals surface area (Å²) in [7, 11) is 0. The third kappa shape index (κ3) is 2.35. The molecule has 0 atom stereocenters. The predicted octanol–water partition coefficient (Wildman–Crippen LogP) is -0.743. The van der Waals surface area contributed by atoms with Crippen molar-refractivity contribution in [1.82, 2.24) is 14.9 Å². The number of thioether (sulfide) groups is 1. The second-order valence-corrected chi connectivity index (χ2v) is 4.99. The van der Waals surface area contributed by atoms with E-state index < -0.39 is 0 Å². The monoisotopic (exact) mass is 323 g/mol. The molecule has 1 aliphatic rings. The second kappa shape index (κ2) is 5.24. The van der Waals surface area contributed by atoms with Gasteiger partial charge in [0.15, 0.2) is 5.82 Å². The molecule has 4 nitrogen and oxygen atoms in total. The fourth-order valence-corrected chi connectivity index (χ4v) is 2.60. The molecule has 0 saturated heterocycles. The summed E-state index contributed by atoms with van der Waals surface area (Å²) in [4.78, 5) is 0. The van der Waals surface area contributed by atoms with E-state index in [2.05, 4.69) is 46.5 Å². The zero-order chi connectivity index (χ0) is 11.8. The molecule has 0 fully saturated rings. The second-order valence-electron chi connectivity index (χ2n) is 4.04. The average molecular weight is 324 g/mol. The molecule has 0 saturated carbocycles. The fraction of sp³-hybridized carbons (Fsp3) is 0.250. The average Bonchev–Trinajstić information content (AvgIpc) is 2.72. The maximum absolute atomic E-state index is 4.59. The Morgan fingerprint density at radius 2 is 1.83 bits per heavy atom.